The molecule has 0 atom stereocenters. The molecule has 11 nitrogen and oxygen atoms in total. The van der Waals surface area contributed by atoms with Gasteiger partial charge in [-0.2, -0.15) is 18.3 Å². The summed E-state index contributed by atoms with van der Waals surface area (Å²) in [6, 6.07) is 12.3. The van der Waals surface area contributed by atoms with Crippen molar-refractivity contribution >= 4 is 17.6 Å². The van der Waals surface area contributed by atoms with Crippen LogP contribution in [0.25, 0.3) is 22.8 Å². The zero-order valence-corrected chi connectivity index (χ0v) is 20.5. The lowest BCUT2D eigenvalue weighted by atomic mass is 10.2. The second-order valence-corrected chi connectivity index (χ2v) is 7.81. The van der Waals surface area contributed by atoms with Gasteiger partial charge in [-0.05, 0) is 36.4 Å². The molecule has 0 radical (unpaired) electrons. The van der Waals surface area contributed by atoms with Gasteiger partial charge in [-0.3, -0.25) is 14.5 Å². The molecular formula is C25H22F3N5O6. The summed E-state index contributed by atoms with van der Waals surface area (Å²) in [6.45, 7) is 1.01. The summed E-state index contributed by atoms with van der Waals surface area (Å²) in [5.41, 5.74) is -0.149. The molecule has 4 heterocycles. The van der Waals surface area contributed by atoms with Gasteiger partial charge in [0.15, 0.2) is 5.76 Å². The summed E-state index contributed by atoms with van der Waals surface area (Å²) in [7, 11) is 1.52. The first-order valence-corrected chi connectivity index (χ1v) is 11.5. The molecule has 14 heteroatoms. The highest BCUT2D eigenvalue weighted by atomic mass is 19.4. The first-order chi connectivity index (χ1) is 18.8. The third kappa shape index (κ3) is 6.86. The van der Waals surface area contributed by atoms with Crippen LogP contribution in [0, 0.1) is 0 Å². The van der Waals surface area contributed by atoms with Crippen LogP contribution in [0.1, 0.15) is 10.5 Å². The molecule has 0 saturated carbocycles. The van der Waals surface area contributed by atoms with Gasteiger partial charge in [0.2, 0.25) is 0 Å². The number of aromatic nitrogens is 4. The van der Waals surface area contributed by atoms with Gasteiger partial charge in [0.1, 0.15) is 22.8 Å². The zero-order valence-electron chi connectivity index (χ0n) is 20.5. The summed E-state index contributed by atoms with van der Waals surface area (Å²) in [4.78, 5) is 38.4. The fourth-order valence-electron chi connectivity index (χ4n) is 3.32. The number of carbonyl (C=O) groups excluding carboxylic acids is 2. The summed E-state index contributed by atoms with van der Waals surface area (Å²) in [5.74, 6) is -3.45. The minimum atomic E-state index is -5.39. The number of halogens is 3. The Hall–Kier alpha value is -4.56. The number of hydrogen-bond donors (Lipinski definition) is 0. The molecule has 0 N–H and O–H groups in total. The largest absolute Gasteiger partial charge is 0.493 e. The SMILES string of the molecule is COCCOCCn1cc(N(OC(=O)C(F)(F)F)C(=O)c2cccc(-c3ccco3)n2)c(-c2ccccn2)n1. The Labute approximate surface area is 219 Å². The number of hydroxylamine groups is 1. The average Bonchev–Trinajstić information content (AvgIpc) is 3.62. The van der Waals surface area contributed by atoms with Gasteiger partial charge in [0.25, 0.3) is 0 Å². The summed E-state index contributed by atoms with van der Waals surface area (Å²) >= 11 is 0. The van der Waals surface area contributed by atoms with Gasteiger partial charge in [-0.25, -0.2) is 9.78 Å². The van der Waals surface area contributed by atoms with Crippen LogP contribution in [0.5, 0.6) is 0 Å². The summed E-state index contributed by atoms with van der Waals surface area (Å²) < 4.78 is 56.7. The van der Waals surface area contributed by atoms with E-state index in [-0.39, 0.29) is 46.7 Å². The number of ether oxygens (including phenoxy) is 2. The van der Waals surface area contributed by atoms with E-state index in [1.165, 1.54) is 48.6 Å². The Bertz CT molecular complexity index is 1390. The van der Waals surface area contributed by atoms with Crippen LogP contribution < -0.4 is 5.06 Å². The molecule has 0 aliphatic rings. The Kier molecular flexibility index (Phi) is 8.68. The molecule has 0 aliphatic carbocycles. The van der Waals surface area contributed by atoms with E-state index in [2.05, 4.69) is 19.9 Å². The maximum atomic E-state index is 13.5. The van der Waals surface area contributed by atoms with Crippen LogP contribution in [-0.4, -0.2) is 64.7 Å². The second-order valence-electron chi connectivity index (χ2n) is 7.81. The molecule has 0 fully saturated rings. The predicted molar refractivity (Wildman–Crippen MR) is 129 cm³/mol. The van der Waals surface area contributed by atoms with Crippen LogP contribution in [0.4, 0.5) is 18.9 Å². The van der Waals surface area contributed by atoms with Crippen molar-refractivity contribution in [1.82, 2.24) is 19.7 Å². The molecule has 0 unspecified atom stereocenters. The van der Waals surface area contributed by atoms with Crippen molar-refractivity contribution in [2.24, 2.45) is 0 Å². The van der Waals surface area contributed by atoms with Crippen molar-refractivity contribution in [2.45, 2.75) is 12.7 Å². The monoisotopic (exact) mass is 545 g/mol. The van der Waals surface area contributed by atoms with Crippen LogP contribution in [0.3, 0.4) is 0 Å². The van der Waals surface area contributed by atoms with Crippen molar-refractivity contribution in [2.75, 3.05) is 32.0 Å². The Morgan fingerprint density at radius 1 is 1.03 bits per heavy atom. The highest BCUT2D eigenvalue weighted by molar-refractivity contribution is 6.06. The molecule has 0 aromatic carbocycles. The fraction of sp³-hybridized carbons (Fsp3) is 0.240. The van der Waals surface area contributed by atoms with E-state index in [9.17, 15) is 22.8 Å². The molecule has 0 aliphatic heterocycles. The molecule has 0 saturated heterocycles. The van der Waals surface area contributed by atoms with Gasteiger partial charge in [-0.15, -0.1) is 5.06 Å². The normalized spacial score (nSPS) is 11.4. The van der Waals surface area contributed by atoms with Gasteiger partial charge in [0, 0.05) is 13.3 Å². The number of hydrogen-bond acceptors (Lipinski definition) is 9. The number of amides is 1. The van der Waals surface area contributed by atoms with Crippen molar-refractivity contribution in [3.05, 3.63) is 72.9 Å². The first-order valence-electron chi connectivity index (χ1n) is 11.5. The van der Waals surface area contributed by atoms with E-state index in [4.69, 9.17) is 13.9 Å². The number of methoxy groups -OCH3 is 1. The number of carbonyl (C=O) groups is 2. The molecule has 0 spiro atoms. The van der Waals surface area contributed by atoms with Crippen molar-refractivity contribution < 1.29 is 41.5 Å². The third-order valence-electron chi connectivity index (χ3n) is 5.10. The molecule has 4 aromatic heterocycles. The Morgan fingerprint density at radius 2 is 1.85 bits per heavy atom. The lowest BCUT2D eigenvalue weighted by molar-refractivity contribution is -0.199. The fourth-order valence-corrected chi connectivity index (χ4v) is 3.32. The number of pyridine rings is 2. The molecular weight excluding hydrogens is 523 g/mol. The van der Waals surface area contributed by atoms with E-state index in [1.807, 2.05) is 0 Å². The number of furan rings is 1. The van der Waals surface area contributed by atoms with E-state index in [0.29, 0.717) is 19.0 Å². The summed E-state index contributed by atoms with van der Waals surface area (Å²) in [6.07, 6.45) is -1.30. The van der Waals surface area contributed by atoms with E-state index in [1.54, 1.807) is 30.3 Å². The third-order valence-corrected chi connectivity index (χ3v) is 5.10. The van der Waals surface area contributed by atoms with Crippen molar-refractivity contribution in [1.29, 1.82) is 0 Å². The van der Waals surface area contributed by atoms with E-state index in [0.717, 1.165) is 0 Å². The highest BCUT2D eigenvalue weighted by Crippen LogP contribution is 2.31. The smallest absolute Gasteiger partial charge is 0.463 e. The first kappa shape index (κ1) is 27.5. The van der Waals surface area contributed by atoms with Crippen LogP contribution in [-0.2, 0) is 25.7 Å². The topological polar surface area (TPSA) is 122 Å². The van der Waals surface area contributed by atoms with Gasteiger partial charge in [-0.1, -0.05) is 12.1 Å². The maximum Gasteiger partial charge on any atom is 0.493 e. The zero-order chi connectivity index (χ0) is 27.8. The highest BCUT2D eigenvalue weighted by Gasteiger charge is 2.44. The lowest BCUT2D eigenvalue weighted by Gasteiger charge is -2.21. The second kappa shape index (κ2) is 12.3. The Morgan fingerprint density at radius 3 is 2.54 bits per heavy atom. The Balaban J connectivity index is 1.75. The maximum absolute atomic E-state index is 13.5. The van der Waals surface area contributed by atoms with Crippen molar-refractivity contribution in [3.63, 3.8) is 0 Å². The quantitative estimate of drug-likeness (QED) is 0.216. The molecule has 4 aromatic rings. The van der Waals surface area contributed by atoms with Gasteiger partial charge in [0.05, 0.1) is 44.5 Å². The van der Waals surface area contributed by atoms with Crippen LogP contribution >= 0.6 is 0 Å². The van der Waals surface area contributed by atoms with Crippen LogP contribution in [0.15, 0.2) is 71.6 Å². The van der Waals surface area contributed by atoms with Gasteiger partial charge >= 0.3 is 18.1 Å². The number of rotatable bonds is 10. The van der Waals surface area contributed by atoms with Crippen molar-refractivity contribution in [3.8, 4) is 22.8 Å². The molecule has 4 rings (SSSR count). The van der Waals surface area contributed by atoms with E-state index >= 15 is 0 Å². The number of nitrogens with zero attached hydrogens (tertiary/aromatic N) is 5. The minimum absolute atomic E-state index is 0.0157. The minimum Gasteiger partial charge on any atom is -0.463 e. The van der Waals surface area contributed by atoms with E-state index < -0.39 is 18.1 Å². The lowest BCUT2D eigenvalue weighted by Crippen LogP contribution is -2.39. The molecule has 1 amide bonds. The van der Waals surface area contributed by atoms with Crippen LogP contribution in [0.2, 0.25) is 0 Å². The standard InChI is InChI=1S/C25H22F3N5O6/c1-36-14-15-37-13-11-32-16-20(22(31-32)18-6-2-3-10-29-18)33(39-24(35)25(26,27)28)23(34)19-8-4-7-17(30-19)21-9-5-12-38-21/h2-10,12,16H,11,13-15H2,1H3. The average molecular weight is 545 g/mol. The predicted octanol–water partition coefficient (Wildman–Crippen LogP) is 3.93. The molecule has 0 bridgehead atoms. The summed E-state index contributed by atoms with van der Waals surface area (Å²) in [5, 5.41) is 4.58. The molecule has 204 valence electrons. The van der Waals surface area contributed by atoms with Gasteiger partial charge < -0.3 is 18.7 Å². The number of alkyl halides is 3. The molecule has 39 heavy (non-hydrogen) atoms. The number of anilines is 1.